The van der Waals surface area contributed by atoms with Crippen molar-refractivity contribution in [3.05, 3.63) is 69.8 Å². The van der Waals surface area contributed by atoms with E-state index in [1.165, 1.54) is 18.2 Å². The second kappa shape index (κ2) is 9.03. The average molecular weight is 539 g/mol. The van der Waals surface area contributed by atoms with Gasteiger partial charge in [0, 0.05) is 12.8 Å². The van der Waals surface area contributed by atoms with Gasteiger partial charge < -0.3 is 16.4 Å². The summed E-state index contributed by atoms with van der Waals surface area (Å²) in [4.78, 5) is 27.8. The molecular weight excluding hydrogens is 518 g/mol. The zero-order valence-electron chi connectivity index (χ0n) is 19.9. The Morgan fingerprint density at radius 2 is 1.76 bits per heavy atom. The Balaban J connectivity index is 1.88. The minimum Gasteiger partial charge on any atom is -0.382 e. The van der Waals surface area contributed by atoms with Crippen LogP contribution >= 0.6 is 0 Å². The molecule has 1 unspecified atom stereocenters. The first kappa shape index (κ1) is 25.0. The van der Waals surface area contributed by atoms with Crippen LogP contribution in [-0.4, -0.2) is 40.7 Å². The van der Waals surface area contributed by atoms with Crippen LogP contribution in [0.4, 0.5) is 26.4 Å². The normalized spacial score (nSPS) is 15.6. The molecular formula is C24H20F2N8O3S. The first-order valence-corrected chi connectivity index (χ1v) is 13.2. The van der Waals surface area contributed by atoms with Crippen LogP contribution in [0.15, 0.2) is 46.1 Å². The third kappa shape index (κ3) is 3.97. The maximum Gasteiger partial charge on any atom is 0.267 e. The zero-order chi connectivity index (χ0) is 27.4. The second-order valence-corrected chi connectivity index (χ2v) is 10.7. The van der Waals surface area contributed by atoms with Crippen LogP contribution in [0.25, 0.3) is 16.6 Å². The van der Waals surface area contributed by atoms with Gasteiger partial charge in [-0.05, 0) is 37.1 Å². The molecule has 0 bridgehead atoms. The molecule has 11 nitrogen and oxygen atoms in total. The van der Waals surface area contributed by atoms with Crippen molar-refractivity contribution in [2.24, 2.45) is 0 Å². The number of para-hydroxylation sites is 1. The van der Waals surface area contributed by atoms with Gasteiger partial charge in [-0.1, -0.05) is 12.1 Å². The van der Waals surface area contributed by atoms with Crippen molar-refractivity contribution in [1.82, 2.24) is 19.5 Å². The molecule has 4 N–H and O–H groups in total. The van der Waals surface area contributed by atoms with Crippen LogP contribution < -0.4 is 21.9 Å². The van der Waals surface area contributed by atoms with Gasteiger partial charge in [0.2, 0.25) is 5.95 Å². The van der Waals surface area contributed by atoms with Gasteiger partial charge in [-0.3, -0.25) is 9.36 Å². The maximum absolute atomic E-state index is 15.1. The highest BCUT2D eigenvalue weighted by Crippen LogP contribution is 2.38. The van der Waals surface area contributed by atoms with Crippen molar-refractivity contribution < 1.29 is 17.2 Å². The van der Waals surface area contributed by atoms with Gasteiger partial charge in [-0.15, -0.1) is 0 Å². The lowest BCUT2D eigenvalue weighted by molar-refractivity contribution is 0.549. The fourth-order valence-corrected chi connectivity index (χ4v) is 5.64. The number of halogens is 2. The monoisotopic (exact) mass is 538 g/mol. The Morgan fingerprint density at radius 3 is 2.42 bits per heavy atom. The number of aromatic nitrogens is 4. The SMILES string of the molecule is CS(=O)(=O)c1cccc2nc(C3CCCN3c3nc(N)nc(N)c3C#N)n(-c3c(F)cccc3F)c(=O)c12. The second-order valence-electron chi connectivity index (χ2n) is 8.73. The number of sulfone groups is 1. The first-order chi connectivity index (χ1) is 18.0. The summed E-state index contributed by atoms with van der Waals surface area (Å²) in [5, 5.41) is 9.39. The number of anilines is 3. The van der Waals surface area contributed by atoms with Gasteiger partial charge in [0.05, 0.1) is 21.8 Å². The minimum absolute atomic E-state index is 0.0231. The molecule has 5 rings (SSSR count). The van der Waals surface area contributed by atoms with Gasteiger partial charge in [0.15, 0.2) is 15.7 Å². The highest BCUT2D eigenvalue weighted by atomic mass is 32.2. The summed E-state index contributed by atoms with van der Waals surface area (Å²) in [6.45, 7) is 0.326. The number of nitriles is 1. The fraction of sp³-hybridized carbons (Fsp3) is 0.208. The molecule has 0 radical (unpaired) electrons. The van der Waals surface area contributed by atoms with E-state index in [2.05, 4.69) is 15.0 Å². The zero-order valence-corrected chi connectivity index (χ0v) is 20.7. The lowest BCUT2D eigenvalue weighted by atomic mass is 10.1. The van der Waals surface area contributed by atoms with Crippen molar-refractivity contribution in [3.8, 4) is 11.8 Å². The maximum atomic E-state index is 15.1. The molecule has 1 aliphatic rings. The molecule has 0 spiro atoms. The van der Waals surface area contributed by atoms with Crippen LogP contribution in [-0.2, 0) is 9.84 Å². The molecule has 1 aliphatic heterocycles. The van der Waals surface area contributed by atoms with Gasteiger partial charge in [0.25, 0.3) is 5.56 Å². The predicted octanol–water partition coefficient (Wildman–Crippen LogP) is 2.23. The Morgan fingerprint density at radius 1 is 1.08 bits per heavy atom. The Labute approximate surface area is 214 Å². The average Bonchev–Trinajstić information content (AvgIpc) is 3.33. The largest absolute Gasteiger partial charge is 0.382 e. The number of hydrogen-bond acceptors (Lipinski definition) is 10. The number of hydrogen-bond donors (Lipinski definition) is 2. The first-order valence-electron chi connectivity index (χ1n) is 11.3. The van der Waals surface area contributed by atoms with Gasteiger partial charge >= 0.3 is 0 Å². The standard InChI is InChI=1S/C24H20F2N8O3S/c1-38(36,37)17-9-3-7-15-18(17)23(35)34(19-13(25)5-2-6-14(19)26)22(30-15)16-8-4-10-33(16)21-12(11-27)20(28)31-24(29)32-21/h2-3,5-7,9,16H,4,8,10H2,1H3,(H4,28,29,31,32). The molecule has 3 heterocycles. The molecule has 0 amide bonds. The van der Waals surface area contributed by atoms with Crippen LogP contribution in [0.5, 0.6) is 0 Å². The van der Waals surface area contributed by atoms with E-state index in [1.54, 1.807) is 4.90 Å². The number of fused-ring (bicyclic) bond motifs is 1. The van der Waals surface area contributed by atoms with Gasteiger partial charge in [-0.2, -0.15) is 15.2 Å². The molecule has 1 saturated heterocycles. The number of benzene rings is 2. The quantitative estimate of drug-likeness (QED) is 0.392. The molecule has 0 saturated carbocycles. The summed E-state index contributed by atoms with van der Waals surface area (Å²) in [6.07, 6.45) is 1.82. The summed E-state index contributed by atoms with van der Waals surface area (Å²) >= 11 is 0. The Hall–Kier alpha value is -4.64. The van der Waals surface area contributed by atoms with Crippen LogP contribution in [0.3, 0.4) is 0 Å². The van der Waals surface area contributed by atoms with Crippen LogP contribution in [0.2, 0.25) is 0 Å². The fourth-order valence-electron chi connectivity index (χ4n) is 4.76. The topological polar surface area (TPSA) is 174 Å². The number of nitrogens with zero attached hydrogens (tertiary/aromatic N) is 6. The minimum atomic E-state index is -3.91. The predicted molar refractivity (Wildman–Crippen MR) is 135 cm³/mol. The summed E-state index contributed by atoms with van der Waals surface area (Å²) in [6, 6.07) is 8.34. The Bertz CT molecular complexity index is 1820. The molecule has 38 heavy (non-hydrogen) atoms. The van der Waals surface area contributed by atoms with E-state index in [1.807, 2.05) is 6.07 Å². The highest BCUT2D eigenvalue weighted by Gasteiger charge is 2.35. The summed E-state index contributed by atoms with van der Waals surface area (Å²) < 4.78 is 56.0. The van der Waals surface area contributed by atoms with E-state index >= 15 is 8.78 Å². The van der Waals surface area contributed by atoms with E-state index in [-0.39, 0.29) is 44.8 Å². The summed E-state index contributed by atoms with van der Waals surface area (Å²) in [5.41, 5.74) is 9.97. The molecule has 1 atom stereocenters. The molecule has 2 aromatic carbocycles. The van der Waals surface area contributed by atoms with Crippen molar-refractivity contribution >= 4 is 38.3 Å². The molecule has 194 valence electrons. The highest BCUT2D eigenvalue weighted by molar-refractivity contribution is 7.91. The van der Waals surface area contributed by atoms with Crippen molar-refractivity contribution in [2.45, 2.75) is 23.8 Å². The summed E-state index contributed by atoms with van der Waals surface area (Å²) in [7, 11) is -3.91. The number of nitrogen functional groups attached to an aromatic ring is 2. The Kier molecular flexibility index (Phi) is 5.95. The van der Waals surface area contributed by atoms with E-state index in [4.69, 9.17) is 11.5 Å². The van der Waals surface area contributed by atoms with E-state index in [0.717, 1.165) is 29.0 Å². The third-order valence-electron chi connectivity index (χ3n) is 6.32. The lowest BCUT2D eigenvalue weighted by Gasteiger charge is -2.28. The van der Waals surface area contributed by atoms with E-state index in [9.17, 15) is 18.5 Å². The lowest BCUT2D eigenvalue weighted by Crippen LogP contribution is -2.33. The molecule has 2 aromatic heterocycles. The molecule has 1 fully saturated rings. The van der Waals surface area contributed by atoms with Crippen LogP contribution in [0, 0.1) is 23.0 Å². The van der Waals surface area contributed by atoms with Gasteiger partial charge in [0.1, 0.15) is 40.6 Å². The van der Waals surface area contributed by atoms with Crippen LogP contribution in [0.1, 0.15) is 30.3 Å². The van der Waals surface area contributed by atoms with Gasteiger partial charge in [-0.25, -0.2) is 22.2 Å². The van der Waals surface area contributed by atoms with E-state index in [0.29, 0.717) is 19.4 Å². The van der Waals surface area contributed by atoms with Crippen molar-refractivity contribution in [2.75, 3.05) is 29.2 Å². The molecule has 4 aromatic rings. The summed E-state index contributed by atoms with van der Waals surface area (Å²) in [5.74, 6) is -2.44. The molecule has 0 aliphatic carbocycles. The van der Waals surface area contributed by atoms with Crippen molar-refractivity contribution in [3.63, 3.8) is 0 Å². The van der Waals surface area contributed by atoms with Crippen molar-refractivity contribution in [1.29, 1.82) is 5.26 Å². The smallest absolute Gasteiger partial charge is 0.267 e. The third-order valence-corrected chi connectivity index (χ3v) is 7.45. The number of rotatable bonds is 4. The van der Waals surface area contributed by atoms with E-state index < -0.39 is 38.8 Å². The molecule has 14 heteroatoms. The number of nitrogens with two attached hydrogens (primary N) is 2.